The van der Waals surface area contributed by atoms with Crippen molar-refractivity contribution < 1.29 is 0 Å². The lowest BCUT2D eigenvalue weighted by atomic mass is 10.2. The van der Waals surface area contributed by atoms with Crippen LogP contribution < -0.4 is 0 Å². The van der Waals surface area contributed by atoms with Crippen LogP contribution in [-0.2, 0) is 0 Å². The number of nitrogens with zero attached hydrogens (tertiary/aromatic N) is 2. The summed E-state index contributed by atoms with van der Waals surface area (Å²) < 4.78 is 0. The van der Waals surface area contributed by atoms with E-state index in [2.05, 4.69) is 10.2 Å². The maximum absolute atomic E-state index is 5.91. The van der Waals surface area contributed by atoms with Crippen LogP contribution >= 0.6 is 34.5 Å². The van der Waals surface area contributed by atoms with Gasteiger partial charge in [-0.1, -0.05) is 23.2 Å². The van der Waals surface area contributed by atoms with Gasteiger partial charge in [0.15, 0.2) is 10.3 Å². The number of hydrogen-bond acceptors (Lipinski definition) is 3. The van der Waals surface area contributed by atoms with Crippen molar-refractivity contribution in [2.45, 2.75) is 6.92 Å². The molecule has 2 nitrogen and oxygen atoms in total. The zero-order chi connectivity index (χ0) is 10.1. The zero-order valence-corrected chi connectivity index (χ0v) is 9.62. The molecule has 0 unspecified atom stereocenters. The molecule has 0 bridgehead atoms. The highest BCUT2D eigenvalue weighted by Crippen LogP contribution is 2.30. The Morgan fingerprint density at radius 1 is 1.21 bits per heavy atom. The molecule has 14 heavy (non-hydrogen) atoms. The molecule has 2 rings (SSSR count). The Hall–Kier alpha value is -0.640. The molecule has 5 heteroatoms. The van der Waals surface area contributed by atoms with Gasteiger partial charge in [-0.3, -0.25) is 0 Å². The first-order valence-corrected chi connectivity index (χ1v) is 5.54. The minimum Gasteiger partial charge on any atom is -0.149 e. The lowest BCUT2D eigenvalue weighted by Crippen LogP contribution is -1.86. The maximum atomic E-state index is 5.91. The van der Waals surface area contributed by atoms with Gasteiger partial charge in [0.2, 0.25) is 0 Å². The van der Waals surface area contributed by atoms with Crippen molar-refractivity contribution in [3.63, 3.8) is 0 Å². The van der Waals surface area contributed by atoms with Crippen molar-refractivity contribution in [2.24, 2.45) is 0 Å². The van der Waals surface area contributed by atoms with Crippen molar-refractivity contribution in [3.8, 4) is 11.1 Å². The fourth-order valence-corrected chi connectivity index (χ4v) is 2.19. The van der Waals surface area contributed by atoms with Gasteiger partial charge in [0.25, 0.3) is 0 Å². The summed E-state index contributed by atoms with van der Waals surface area (Å²) in [7, 11) is 0. The van der Waals surface area contributed by atoms with Crippen LogP contribution in [0.25, 0.3) is 11.1 Å². The molecular formula is C9H6Cl2N2S. The third kappa shape index (κ3) is 1.90. The summed E-state index contributed by atoms with van der Waals surface area (Å²) in [5, 5.41) is 10.2. The molecule has 0 aliphatic heterocycles. The van der Waals surface area contributed by atoms with E-state index in [1.807, 2.05) is 18.4 Å². The minimum atomic E-state index is 0.355. The summed E-state index contributed by atoms with van der Waals surface area (Å²) in [5.74, 6) is 0. The van der Waals surface area contributed by atoms with Gasteiger partial charge >= 0.3 is 0 Å². The quantitative estimate of drug-likeness (QED) is 0.763. The molecule has 0 fully saturated rings. The lowest BCUT2D eigenvalue weighted by Gasteiger charge is -1.99. The molecule has 0 spiro atoms. The molecule has 0 aliphatic rings. The smallest absolute Gasteiger partial charge is 0.149 e. The van der Waals surface area contributed by atoms with E-state index in [9.17, 15) is 0 Å². The fraction of sp³-hybridized carbons (Fsp3) is 0.111. The van der Waals surface area contributed by atoms with Crippen LogP contribution in [0.15, 0.2) is 17.5 Å². The van der Waals surface area contributed by atoms with Crippen LogP contribution in [0.3, 0.4) is 0 Å². The molecule has 0 aliphatic carbocycles. The Morgan fingerprint density at radius 2 is 2.00 bits per heavy atom. The zero-order valence-electron chi connectivity index (χ0n) is 7.29. The average Bonchev–Trinajstić information content (AvgIpc) is 2.56. The largest absolute Gasteiger partial charge is 0.159 e. The van der Waals surface area contributed by atoms with Gasteiger partial charge in [-0.25, -0.2) is 0 Å². The summed E-state index contributed by atoms with van der Waals surface area (Å²) >= 11 is 13.3. The topological polar surface area (TPSA) is 25.8 Å². The molecule has 0 saturated heterocycles. The van der Waals surface area contributed by atoms with Gasteiger partial charge in [0.05, 0.1) is 0 Å². The van der Waals surface area contributed by atoms with Crippen molar-refractivity contribution >= 4 is 34.5 Å². The van der Waals surface area contributed by atoms with E-state index < -0.39 is 0 Å². The highest BCUT2D eigenvalue weighted by molar-refractivity contribution is 7.10. The Kier molecular flexibility index (Phi) is 2.72. The first-order valence-electron chi connectivity index (χ1n) is 3.91. The number of rotatable bonds is 1. The van der Waals surface area contributed by atoms with Crippen LogP contribution in [0, 0.1) is 6.92 Å². The summed E-state index contributed by atoms with van der Waals surface area (Å²) in [6.45, 7) is 2.04. The van der Waals surface area contributed by atoms with E-state index in [1.54, 1.807) is 17.4 Å². The third-order valence-corrected chi connectivity index (χ3v) is 3.09. The molecule has 0 amide bonds. The standard InChI is InChI=1S/C9H6Cl2N2S/c1-5-2-6(4-14-5)7-3-8(10)12-13-9(7)11/h2-4H,1H3. The minimum absolute atomic E-state index is 0.355. The maximum Gasteiger partial charge on any atom is 0.159 e. The summed E-state index contributed by atoms with van der Waals surface area (Å²) in [4.78, 5) is 1.23. The van der Waals surface area contributed by atoms with E-state index in [4.69, 9.17) is 23.2 Å². The van der Waals surface area contributed by atoms with Crippen molar-refractivity contribution in [3.05, 3.63) is 32.7 Å². The fourth-order valence-electron chi connectivity index (χ4n) is 1.14. The number of thiophene rings is 1. The van der Waals surface area contributed by atoms with Crippen LogP contribution in [0.2, 0.25) is 10.3 Å². The first-order chi connectivity index (χ1) is 6.66. The van der Waals surface area contributed by atoms with E-state index in [0.29, 0.717) is 10.3 Å². The monoisotopic (exact) mass is 244 g/mol. The van der Waals surface area contributed by atoms with Gasteiger partial charge in [0, 0.05) is 10.4 Å². The van der Waals surface area contributed by atoms with E-state index in [1.165, 1.54) is 4.88 Å². The number of halogens is 2. The molecule has 0 N–H and O–H groups in total. The van der Waals surface area contributed by atoms with Gasteiger partial charge < -0.3 is 0 Å². The van der Waals surface area contributed by atoms with Crippen LogP contribution in [0.5, 0.6) is 0 Å². The van der Waals surface area contributed by atoms with Gasteiger partial charge in [0.1, 0.15) is 0 Å². The van der Waals surface area contributed by atoms with Crippen molar-refractivity contribution in [1.29, 1.82) is 0 Å². The van der Waals surface area contributed by atoms with Crippen LogP contribution in [0.1, 0.15) is 4.88 Å². The Balaban J connectivity index is 2.55. The van der Waals surface area contributed by atoms with Gasteiger partial charge in [-0.05, 0) is 30.0 Å². The van der Waals surface area contributed by atoms with Crippen LogP contribution in [0.4, 0.5) is 0 Å². The summed E-state index contributed by atoms with van der Waals surface area (Å²) in [5.41, 5.74) is 1.87. The molecule has 72 valence electrons. The molecule has 0 atom stereocenters. The van der Waals surface area contributed by atoms with Crippen LogP contribution in [-0.4, -0.2) is 10.2 Å². The number of aromatic nitrogens is 2. The molecule has 0 saturated carbocycles. The molecule has 0 radical (unpaired) electrons. The van der Waals surface area contributed by atoms with E-state index >= 15 is 0 Å². The number of hydrogen-bond donors (Lipinski definition) is 0. The normalized spacial score (nSPS) is 10.5. The van der Waals surface area contributed by atoms with Gasteiger partial charge in [-0.2, -0.15) is 0 Å². The Labute approximate surface area is 95.5 Å². The first kappa shape index (κ1) is 9.90. The van der Waals surface area contributed by atoms with E-state index in [-0.39, 0.29) is 0 Å². The van der Waals surface area contributed by atoms with E-state index in [0.717, 1.165) is 11.1 Å². The second-order valence-corrected chi connectivity index (χ2v) is 4.68. The average molecular weight is 245 g/mol. The van der Waals surface area contributed by atoms with Crippen molar-refractivity contribution in [1.82, 2.24) is 10.2 Å². The highest BCUT2D eigenvalue weighted by atomic mass is 35.5. The second kappa shape index (κ2) is 3.85. The van der Waals surface area contributed by atoms with Gasteiger partial charge in [-0.15, -0.1) is 21.5 Å². The Morgan fingerprint density at radius 3 is 2.64 bits per heavy atom. The predicted molar refractivity (Wildman–Crippen MR) is 60.1 cm³/mol. The molecular weight excluding hydrogens is 239 g/mol. The molecule has 2 aromatic rings. The predicted octanol–water partition coefficient (Wildman–Crippen LogP) is 3.82. The summed E-state index contributed by atoms with van der Waals surface area (Å²) in [6.07, 6.45) is 0. The highest BCUT2D eigenvalue weighted by Gasteiger charge is 2.07. The molecule has 2 heterocycles. The Bertz CT molecular complexity index is 468. The number of aryl methyl sites for hydroxylation is 1. The summed E-state index contributed by atoms with van der Waals surface area (Å²) in [6, 6.07) is 3.77. The van der Waals surface area contributed by atoms with Crippen molar-refractivity contribution in [2.75, 3.05) is 0 Å². The third-order valence-electron chi connectivity index (χ3n) is 1.76. The molecule has 2 aromatic heterocycles. The lowest BCUT2D eigenvalue weighted by molar-refractivity contribution is 1.03. The molecule has 0 aromatic carbocycles. The SMILES string of the molecule is Cc1cc(-c2cc(Cl)nnc2Cl)cs1. The second-order valence-electron chi connectivity index (χ2n) is 2.82.